The molecule has 2 aliphatic heterocycles. The van der Waals surface area contributed by atoms with Crippen LogP contribution in [0.5, 0.6) is 0 Å². The molecule has 4 nitrogen and oxygen atoms in total. The number of aldehydes is 1. The molecule has 2 spiro atoms. The maximum Gasteiger partial charge on any atom is 0.150 e. The summed E-state index contributed by atoms with van der Waals surface area (Å²) in [6.07, 6.45) is 18.0. The first-order chi connectivity index (χ1) is 20.3. The Balaban J connectivity index is 1.17. The summed E-state index contributed by atoms with van der Waals surface area (Å²) in [6, 6.07) is 5.99. The summed E-state index contributed by atoms with van der Waals surface area (Å²) in [5, 5.41) is 11.8. The zero-order valence-electron chi connectivity index (χ0n) is 27.7. The second kappa shape index (κ2) is 10.0. The van der Waals surface area contributed by atoms with Crippen molar-refractivity contribution in [3.63, 3.8) is 0 Å². The van der Waals surface area contributed by atoms with E-state index in [0.29, 0.717) is 40.1 Å². The van der Waals surface area contributed by atoms with Crippen molar-refractivity contribution in [2.24, 2.45) is 45.3 Å². The highest BCUT2D eigenvalue weighted by Crippen LogP contribution is 2.67. The molecule has 0 amide bonds. The molecule has 4 saturated carbocycles. The minimum atomic E-state index is -0.576. The number of ether oxygens (including phenoxy) is 2. The van der Waals surface area contributed by atoms with E-state index < -0.39 is 6.10 Å². The Hall–Kier alpha value is -1.49. The molecule has 9 atom stereocenters. The van der Waals surface area contributed by atoms with Gasteiger partial charge in [0, 0.05) is 11.5 Å². The molecule has 4 aliphatic carbocycles. The van der Waals surface area contributed by atoms with Crippen molar-refractivity contribution in [3.8, 4) is 0 Å². The highest BCUT2D eigenvalue weighted by Gasteiger charge is 2.66. The summed E-state index contributed by atoms with van der Waals surface area (Å²) in [5.74, 6) is 2.03. The monoisotopic (exact) mass is 588 g/mol. The van der Waals surface area contributed by atoms with Crippen LogP contribution < -0.4 is 0 Å². The lowest BCUT2D eigenvalue weighted by molar-refractivity contribution is -0.117. The Bertz CT molecular complexity index is 1280. The predicted octanol–water partition coefficient (Wildman–Crippen LogP) is 8.96. The molecule has 2 heterocycles. The average Bonchev–Trinajstić information content (AvgIpc) is 3.87. The van der Waals surface area contributed by atoms with Crippen LogP contribution in [-0.4, -0.2) is 35.8 Å². The van der Waals surface area contributed by atoms with Crippen molar-refractivity contribution in [1.82, 2.24) is 0 Å². The zero-order chi connectivity index (χ0) is 30.5. The second-order valence-electron chi connectivity index (χ2n) is 17.7. The van der Waals surface area contributed by atoms with E-state index in [1.807, 2.05) is 12.1 Å². The molecule has 0 bridgehead atoms. The Morgan fingerprint density at radius 2 is 1.40 bits per heavy atom. The molecule has 1 N–H and O–H groups in total. The van der Waals surface area contributed by atoms with Gasteiger partial charge in [-0.1, -0.05) is 78.7 Å². The third-order valence-electron chi connectivity index (χ3n) is 14.6. The lowest BCUT2D eigenvalue weighted by Gasteiger charge is -2.59. The van der Waals surface area contributed by atoms with Gasteiger partial charge in [0.05, 0.1) is 30.5 Å². The predicted molar refractivity (Wildman–Crippen MR) is 172 cm³/mol. The van der Waals surface area contributed by atoms with Gasteiger partial charge in [-0.2, -0.15) is 0 Å². The maximum atomic E-state index is 12.2. The molecule has 4 heteroatoms. The number of hydrogen-bond acceptors (Lipinski definition) is 4. The molecule has 6 fully saturated rings. The summed E-state index contributed by atoms with van der Waals surface area (Å²) in [5.41, 5.74) is 3.52. The molecule has 0 radical (unpaired) electrons. The van der Waals surface area contributed by atoms with E-state index in [1.54, 1.807) is 0 Å². The van der Waals surface area contributed by atoms with Crippen molar-refractivity contribution < 1.29 is 19.4 Å². The highest BCUT2D eigenvalue weighted by atomic mass is 16.6. The lowest BCUT2D eigenvalue weighted by Crippen LogP contribution is -2.54. The standard InChI is InChI=1S/C39H56O4/c1-34(2)15-7-17-36(5)30(34)13-19-38(24-42-38)32(36)12-11-26-21-27(9-10-28(26)23-40)29(41)22-33-37(6)18-8-16-35(3,4)31(37)14-20-39(33)25-43-39/h9-12,21,23,29-33,41H,7-8,13-20,22,24-25H2,1-6H3. The second-order valence-corrected chi connectivity index (χ2v) is 17.7. The Labute approximate surface area is 260 Å². The summed E-state index contributed by atoms with van der Waals surface area (Å²) in [7, 11) is 0. The van der Waals surface area contributed by atoms with Crippen molar-refractivity contribution in [3.05, 3.63) is 41.0 Å². The van der Waals surface area contributed by atoms with E-state index in [2.05, 4.69) is 59.8 Å². The number of hydrogen-bond donors (Lipinski definition) is 1. The van der Waals surface area contributed by atoms with Crippen LogP contribution in [0.4, 0.5) is 0 Å². The van der Waals surface area contributed by atoms with Crippen LogP contribution in [0.25, 0.3) is 6.08 Å². The van der Waals surface area contributed by atoms with E-state index in [-0.39, 0.29) is 22.0 Å². The van der Waals surface area contributed by atoms with E-state index in [1.165, 1.54) is 51.4 Å². The Morgan fingerprint density at radius 1 is 0.814 bits per heavy atom. The van der Waals surface area contributed by atoms with Gasteiger partial charge in [0.1, 0.15) is 0 Å². The molecule has 7 rings (SSSR count). The minimum absolute atomic E-state index is 0.0348. The maximum absolute atomic E-state index is 12.2. The fourth-order valence-corrected chi connectivity index (χ4v) is 12.2. The Kier molecular flexibility index (Phi) is 7.02. The highest BCUT2D eigenvalue weighted by molar-refractivity contribution is 5.82. The first kappa shape index (κ1) is 30.2. The summed E-state index contributed by atoms with van der Waals surface area (Å²) >= 11 is 0. The van der Waals surface area contributed by atoms with Crippen molar-refractivity contribution in [2.75, 3.05) is 13.2 Å². The molecule has 9 unspecified atom stereocenters. The van der Waals surface area contributed by atoms with Crippen LogP contribution in [0, 0.1) is 45.3 Å². The van der Waals surface area contributed by atoms with Gasteiger partial charge in [0.2, 0.25) is 0 Å². The fraction of sp³-hybridized carbons (Fsp3) is 0.769. The van der Waals surface area contributed by atoms with Crippen molar-refractivity contribution in [2.45, 2.75) is 129 Å². The molecular weight excluding hydrogens is 532 g/mol. The number of carbonyl (C=O) groups excluding carboxylic acids is 1. The van der Waals surface area contributed by atoms with Crippen LogP contribution in [0.2, 0.25) is 0 Å². The molecule has 1 aromatic rings. The van der Waals surface area contributed by atoms with Gasteiger partial charge in [0.25, 0.3) is 0 Å². The van der Waals surface area contributed by atoms with Crippen LogP contribution in [0.3, 0.4) is 0 Å². The van der Waals surface area contributed by atoms with Crippen LogP contribution >= 0.6 is 0 Å². The number of rotatable bonds is 6. The van der Waals surface area contributed by atoms with E-state index >= 15 is 0 Å². The number of epoxide rings is 2. The lowest BCUT2D eigenvalue weighted by atomic mass is 9.45. The van der Waals surface area contributed by atoms with Gasteiger partial charge in [-0.05, 0) is 114 Å². The van der Waals surface area contributed by atoms with Crippen LogP contribution in [-0.2, 0) is 9.47 Å². The summed E-state index contributed by atoms with van der Waals surface area (Å²) in [4.78, 5) is 12.2. The van der Waals surface area contributed by atoms with E-state index in [9.17, 15) is 9.90 Å². The van der Waals surface area contributed by atoms with E-state index in [4.69, 9.17) is 9.47 Å². The number of aliphatic hydroxyl groups is 1. The van der Waals surface area contributed by atoms with Gasteiger partial charge in [-0.15, -0.1) is 0 Å². The number of aliphatic hydroxyl groups excluding tert-OH is 1. The third-order valence-corrected chi connectivity index (χ3v) is 14.6. The number of fused-ring (bicyclic) bond motifs is 2. The number of carbonyl (C=O) groups is 1. The SMILES string of the molecule is CC1(C)CCCC2(C)C1CCC1(CO1)C2C=Cc1cc(C(O)CC2C3(CCC4C(C)(C)CCCC42C)CO3)ccc1C=O. The van der Waals surface area contributed by atoms with Crippen LogP contribution in [0.15, 0.2) is 24.3 Å². The van der Waals surface area contributed by atoms with Gasteiger partial charge >= 0.3 is 0 Å². The average molecular weight is 589 g/mol. The first-order valence-electron chi connectivity index (χ1n) is 17.5. The fourth-order valence-electron chi connectivity index (χ4n) is 12.2. The van der Waals surface area contributed by atoms with Crippen LogP contribution in [0.1, 0.15) is 140 Å². The molecule has 1 aromatic carbocycles. The topological polar surface area (TPSA) is 62.4 Å². The van der Waals surface area contributed by atoms with Gasteiger partial charge in [-0.3, -0.25) is 4.79 Å². The van der Waals surface area contributed by atoms with Gasteiger partial charge < -0.3 is 14.6 Å². The molecule has 2 saturated heterocycles. The summed E-state index contributed by atoms with van der Waals surface area (Å²) < 4.78 is 12.5. The number of benzene rings is 1. The van der Waals surface area contributed by atoms with Crippen molar-refractivity contribution >= 4 is 12.4 Å². The Morgan fingerprint density at radius 3 is 2.00 bits per heavy atom. The van der Waals surface area contributed by atoms with Gasteiger partial charge in [-0.25, -0.2) is 0 Å². The molecule has 0 aromatic heterocycles. The molecule has 236 valence electrons. The molecular formula is C39H56O4. The molecule has 6 aliphatic rings. The summed E-state index contributed by atoms with van der Waals surface area (Å²) in [6.45, 7) is 16.6. The van der Waals surface area contributed by atoms with E-state index in [0.717, 1.165) is 49.9 Å². The first-order valence-corrected chi connectivity index (χ1v) is 17.5. The molecule has 43 heavy (non-hydrogen) atoms. The quantitative estimate of drug-likeness (QED) is 0.266. The zero-order valence-corrected chi connectivity index (χ0v) is 27.7. The smallest absolute Gasteiger partial charge is 0.150 e. The third kappa shape index (κ3) is 4.75. The minimum Gasteiger partial charge on any atom is -0.388 e. The normalized spacial score (nSPS) is 45.0. The van der Waals surface area contributed by atoms with Crippen molar-refractivity contribution in [1.29, 1.82) is 0 Å². The van der Waals surface area contributed by atoms with Gasteiger partial charge in [0.15, 0.2) is 6.29 Å². The largest absolute Gasteiger partial charge is 0.388 e.